The average molecular weight is 382 g/mol. The molecular formula is C20H22N4O2S. The number of aromatic nitrogens is 3. The van der Waals surface area contributed by atoms with Crippen LogP contribution in [0.25, 0.3) is 5.13 Å². The van der Waals surface area contributed by atoms with Crippen LogP contribution in [0.3, 0.4) is 0 Å². The number of benzene rings is 1. The average Bonchev–Trinajstić information content (AvgIpc) is 3.08. The molecule has 0 aliphatic rings. The molecule has 0 saturated heterocycles. The van der Waals surface area contributed by atoms with Gasteiger partial charge in [0.15, 0.2) is 5.78 Å². The molecule has 0 saturated carbocycles. The Bertz CT molecular complexity index is 1010. The van der Waals surface area contributed by atoms with Gasteiger partial charge in [0.05, 0.1) is 17.8 Å². The molecule has 27 heavy (non-hydrogen) atoms. The van der Waals surface area contributed by atoms with Crippen LogP contribution in [0.5, 0.6) is 0 Å². The van der Waals surface area contributed by atoms with Gasteiger partial charge in [-0.3, -0.25) is 9.59 Å². The predicted octanol–water partition coefficient (Wildman–Crippen LogP) is 3.95. The zero-order valence-corrected chi connectivity index (χ0v) is 16.9. The van der Waals surface area contributed by atoms with Crippen molar-refractivity contribution in [1.82, 2.24) is 14.8 Å². The molecule has 2 heterocycles. The van der Waals surface area contributed by atoms with Gasteiger partial charge in [-0.05, 0) is 46.8 Å². The summed E-state index contributed by atoms with van der Waals surface area (Å²) in [6.07, 6.45) is 0.214. The van der Waals surface area contributed by atoms with Gasteiger partial charge in [-0.15, -0.1) is 0 Å². The maximum atomic E-state index is 12.5. The summed E-state index contributed by atoms with van der Waals surface area (Å²) in [5, 5.41) is 8.24. The summed E-state index contributed by atoms with van der Waals surface area (Å²) < 4.78 is 1.80. The fourth-order valence-electron chi connectivity index (χ4n) is 2.85. The highest BCUT2D eigenvalue weighted by Gasteiger charge is 2.18. The minimum atomic E-state index is -0.145. The second-order valence-corrected chi connectivity index (χ2v) is 7.74. The number of nitrogens with zero attached hydrogens (tertiary/aromatic N) is 3. The van der Waals surface area contributed by atoms with Crippen LogP contribution in [0.2, 0.25) is 0 Å². The van der Waals surface area contributed by atoms with Gasteiger partial charge >= 0.3 is 0 Å². The van der Waals surface area contributed by atoms with Crippen LogP contribution in [0, 0.1) is 27.7 Å². The molecule has 3 aromatic rings. The molecule has 0 fully saturated rings. The number of thiazole rings is 1. The molecule has 0 atom stereocenters. The fourth-order valence-corrected chi connectivity index (χ4v) is 3.76. The second kappa shape index (κ2) is 7.44. The van der Waals surface area contributed by atoms with Crippen molar-refractivity contribution >= 4 is 28.7 Å². The fraction of sp³-hybridized carbons (Fsp3) is 0.300. The molecule has 0 aliphatic heterocycles. The van der Waals surface area contributed by atoms with Crippen LogP contribution in [0.4, 0.5) is 5.69 Å². The first-order chi connectivity index (χ1) is 12.8. The maximum Gasteiger partial charge on any atom is 0.228 e. The van der Waals surface area contributed by atoms with Crippen LogP contribution in [0.1, 0.15) is 44.8 Å². The van der Waals surface area contributed by atoms with Gasteiger partial charge in [0.1, 0.15) is 0 Å². The van der Waals surface area contributed by atoms with Crippen molar-refractivity contribution in [2.75, 3.05) is 5.32 Å². The molecule has 2 aromatic heterocycles. The first-order valence-corrected chi connectivity index (χ1v) is 9.48. The Kier molecular flexibility index (Phi) is 5.23. The lowest BCUT2D eigenvalue weighted by molar-refractivity contribution is -0.115. The SMILES string of the molecule is CC(=O)c1cccc(NC(=O)Cc2c(C)nn(-c3nc(C)c(C)s3)c2C)c1. The summed E-state index contributed by atoms with van der Waals surface area (Å²) in [5.41, 5.74) is 4.79. The van der Waals surface area contributed by atoms with Crippen molar-refractivity contribution in [3.63, 3.8) is 0 Å². The third kappa shape index (κ3) is 3.98. The first-order valence-electron chi connectivity index (χ1n) is 8.66. The quantitative estimate of drug-likeness (QED) is 0.678. The summed E-state index contributed by atoms with van der Waals surface area (Å²) in [6, 6.07) is 6.95. The Labute approximate surface area is 162 Å². The van der Waals surface area contributed by atoms with Gasteiger partial charge in [0, 0.05) is 27.4 Å². The third-order valence-electron chi connectivity index (χ3n) is 4.53. The Morgan fingerprint density at radius 2 is 1.89 bits per heavy atom. The number of hydrogen-bond donors (Lipinski definition) is 1. The van der Waals surface area contributed by atoms with Crippen molar-refractivity contribution in [3.8, 4) is 5.13 Å². The van der Waals surface area contributed by atoms with Gasteiger partial charge in [0.2, 0.25) is 11.0 Å². The van der Waals surface area contributed by atoms with Gasteiger partial charge in [-0.2, -0.15) is 5.10 Å². The molecule has 7 heteroatoms. The monoisotopic (exact) mass is 382 g/mol. The number of rotatable bonds is 5. The molecule has 1 N–H and O–H groups in total. The van der Waals surface area contributed by atoms with Crippen LogP contribution in [-0.2, 0) is 11.2 Å². The molecule has 0 unspecified atom stereocenters. The number of anilines is 1. The number of hydrogen-bond acceptors (Lipinski definition) is 5. The van der Waals surface area contributed by atoms with E-state index in [9.17, 15) is 9.59 Å². The summed E-state index contributed by atoms with van der Waals surface area (Å²) in [5.74, 6) is -0.180. The summed E-state index contributed by atoms with van der Waals surface area (Å²) in [4.78, 5) is 29.7. The number of carbonyl (C=O) groups is 2. The van der Waals surface area contributed by atoms with E-state index in [1.54, 1.807) is 40.3 Å². The van der Waals surface area contributed by atoms with E-state index in [-0.39, 0.29) is 18.1 Å². The van der Waals surface area contributed by atoms with E-state index in [0.29, 0.717) is 11.3 Å². The lowest BCUT2D eigenvalue weighted by Gasteiger charge is -2.07. The molecule has 140 valence electrons. The van der Waals surface area contributed by atoms with E-state index in [1.165, 1.54) is 6.92 Å². The molecule has 6 nitrogen and oxygen atoms in total. The number of Topliss-reactive ketones (excluding diaryl/α,β-unsaturated/α-hetero) is 1. The Hall–Kier alpha value is -2.80. The highest BCUT2D eigenvalue weighted by Crippen LogP contribution is 2.24. The number of nitrogens with one attached hydrogen (secondary N) is 1. The lowest BCUT2D eigenvalue weighted by atomic mass is 10.1. The van der Waals surface area contributed by atoms with Crippen molar-refractivity contribution in [2.24, 2.45) is 0 Å². The minimum Gasteiger partial charge on any atom is -0.326 e. The van der Waals surface area contributed by atoms with Crippen LogP contribution in [0.15, 0.2) is 24.3 Å². The van der Waals surface area contributed by atoms with E-state index in [0.717, 1.165) is 32.7 Å². The van der Waals surface area contributed by atoms with Gasteiger partial charge < -0.3 is 5.32 Å². The minimum absolute atomic E-state index is 0.0342. The van der Waals surface area contributed by atoms with E-state index in [2.05, 4.69) is 15.4 Å². The van der Waals surface area contributed by atoms with Gasteiger partial charge in [0.25, 0.3) is 0 Å². The molecule has 3 rings (SSSR count). The molecule has 0 aliphatic carbocycles. The molecule has 0 bridgehead atoms. The molecular weight excluding hydrogens is 360 g/mol. The van der Waals surface area contributed by atoms with Gasteiger partial charge in [-0.25, -0.2) is 9.67 Å². The number of amides is 1. The lowest BCUT2D eigenvalue weighted by Crippen LogP contribution is -2.15. The van der Waals surface area contributed by atoms with Gasteiger partial charge in [-0.1, -0.05) is 23.5 Å². The summed E-state index contributed by atoms with van der Waals surface area (Å²) >= 11 is 1.59. The van der Waals surface area contributed by atoms with Crippen LogP contribution < -0.4 is 5.32 Å². The smallest absolute Gasteiger partial charge is 0.228 e. The number of carbonyl (C=O) groups excluding carboxylic acids is 2. The standard InChI is InChI=1S/C20H22N4O2S/c1-11-15(5)27-20(21-11)24-13(3)18(12(2)23-24)10-19(26)22-17-8-6-7-16(9-17)14(4)25/h6-9H,10H2,1-5H3,(H,22,26). The zero-order chi connectivity index (χ0) is 19.7. The van der Waals surface area contributed by atoms with Crippen molar-refractivity contribution in [2.45, 2.75) is 41.0 Å². The maximum absolute atomic E-state index is 12.5. The molecule has 0 spiro atoms. The Balaban J connectivity index is 1.80. The highest BCUT2D eigenvalue weighted by atomic mass is 32.1. The summed E-state index contributed by atoms with van der Waals surface area (Å²) in [6.45, 7) is 9.36. The van der Waals surface area contributed by atoms with E-state index in [1.807, 2.05) is 27.7 Å². The van der Waals surface area contributed by atoms with Crippen LogP contribution >= 0.6 is 11.3 Å². The number of aryl methyl sites for hydroxylation is 3. The van der Waals surface area contributed by atoms with Crippen LogP contribution in [-0.4, -0.2) is 26.5 Å². The second-order valence-electron chi connectivity index (χ2n) is 6.56. The number of ketones is 1. The topological polar surface area (TPSA) is 76.9 Å². The predicted molar refractivity (Wildman–Crippen MR) is 107 cm³/mol. The van der Waals surface area contributed by atoms with E-state index >= 15 is 0 Å². The molecule has 1 amide bonds. The normalized spacial score (nSPS) is 10.9. The Morgan fingerprint density at radius 1 is 1.15 bits per heavy atom. The van der Waals surface area contributed by atoms with Crippen molar-refractivity contribution in [3.05, 3.63) is 57.4 Å². The summed E-state index contributed by atoms with van der Waals surface area (Å²) in [7, 11) is 0. The molecule has 0 radical (unpaired) electrons. The highest BCUT2D eigenvalue weighted by molar-refractivity contribution is 7.14. The largest absolute Gasteiger partial charge is 0.326 e. The van der Waals surface area contributed by atoms with E-state index in [4.69, 9.17) is 0 Å². The third-order valence-corrected chi connectivity index (χ3v) is 5.58. The molecule has 1 aromatic carbocycles. The van der Waals surface area contributed by atoms with Crippen molar-refractivity contribution in [1.29, 1.82) is 0 Å². The van der Waals surface area contributed by atoms with E-state index < -0.39 is 0 Å². The Morgan fingerprint density at radius 3 is 2.52 bits per heavy atom. The van der Waals surface area contributed by atoms with Crippen molar-refractivity contribution < 1.29 is 9.59 Å². The first kappa shape index (κ1) is 19.0. The zero-order valence-electron chi connectivity index (χ0n) is 16.1.